The Morgan fingerprint density at radius 1 is 1.19 bits per heavy atom. The molecular formula is C20H24N4O2. The summed E-state index contributed by atoms with van der Waals surface area (Å²) in [7, 11) is 0. The Bertz CT molecular complexity index is 980. The second-order valence-corrected chi connectivity index (χ2v) is 7.14. The molecule has 1 aliphatic carbocycles. The monoisotopic (exact) mass is 352 g/mol. The van der Waals surface area contributed by atoms with E-state index in [1.165, 1.54) is 30.3 Å². The van der Waals surface area contributed by atoms with Gasteiger partial charge in [-0.2, -0.15) is 0 Å². The van der Waals surface area contributed by atoms with Gasteiger partial charge in [0.15, 0.2) is 0 Å². The zero-order valence-electron chi connectivity index (χ0n) is 14.8. The summed E-state index contributed by atoms with van der Waals surface area (Å²) < 4.78 is 1.52. The second-order valence-electron chi connectivity index (χ2n) is 7.14. The van der Waals surface area contributed by atoms with Crippen LogP contribution in [0.2, 0.25) is 0 Å². The lowest BCUT2D eigenvalue weighted by Crippen LogP contribution is -2.35. The number of hydrogen-bond acceptors (Lipinski definition) is 3. The number of aromatic nitrogens is 3. The van der Waals surface area contributed by atoms with Crippen LogP contribution in [-0.2, 0) is 11.3 Å². The molecule has 1 aliphatic rings. The standard InChI is InChI=1S/C20H24N4O2/c25-17(22-14-7-3-1-2-4-8-14)11-12-24-13-21-18-15-9-5-6-10-16(15)23-19(18)20(24)26/h5-6,9-10,13-14,23H,1-4,7-8,11-12H2,(H,22,25). The normalized spacial score (nSPS) is 16.0. The number of aryl methyl sites for hydroxylation is 1. The van der Waals surface area contributed by atoms with E-state index in [2.05, 4.69) is 15.3 Å². The van der Waals surface area contributed by atoms with Crippen LogP contribution < -0.4 is 10.9 Å². The minimum absolute atomic E-state index is 0.0144. The zero-order chi connectivity index (χ0) is 17.9. The molecule has 2 N–H and O–H groups in total. The molecule has 6 heteroatoms. The highest BCUT2D eigenvalue weighted by Gasteiger charge is 2.15. The number of amides is 1. The van der Waals surface area contributed by atoms with Crippen LogP contribution in [0.3, 0.4) is 0 Å². The molecule has 26 heavy (non-hydrogen) atoms. The maximum absolute atomic E-state index is 12.7. The van der Waals surface area contributed by atoms with Crippen molar-refractivity contribution in [1.29, 1.82) is 0 Å². The highest BCUT2D eigenvalue weighted by Crippen LogP contribution is 2.20. The molecule has 1 aromatic carbocycles. The molecule has 0 unspecified atom stereocenters. The van der Waals surface area contributed by atoms with Crippen LogP contribution in [0.15, 0.2) is 35.4 Å². The van der Waals surface area contributed by atoms with Gasteiger partial charge in [0, 0.05) is 29.9 Å². The molecule has 2 heterocycles. The molecule has 0 atom stereocenters. The summed E-state index contributed by atoms with van der Waals surface area (Å²) in [6, 6.07) is 8.02. The topological polar surface area (TPSA) is 79.8 Å². The Hall–Kier alpha value is -2.63. The third kappa shape index (κ3) is 3.36. The molecule has 3 aromatic rings. The maximum atomic E-state index is 12.7. The van der Waals surface area contributed by atoms with E-state index in [1.807, 2.05) is 24.3 Å². The average molecular weight is 352 g/mol. The number of rotatable bonds is 4. The van der Waals surface area contributed by atoms with E-state index < -0.39 is 0 Å². The van der Waals surface area contributed by atoms with Crippen LogP contribution in [0.25, 0.3) is 21.9 Å². The van der Waals surface area contributed by atoms with Gasteiger partial charge in [0.2, 0.25) is 5.91 Å². The van der Waals surface area contributed by atoms with Crippen LogP contribution in [0.5, 0.6) is 0 Å². The number of aromatic amines is 1. The molecule has 0 spiro atoms. The van der Waals surface area contributed by atoms with E-state index in [4.69, 9.17) is 0 Å². The van der Waals surface area contributed by atoms with Crippen molar-refractivity contribution in [2.24, 2.45) is 0 Å². The Morgan fingerprint density at radius 3 is 2.77 bits per heavy atom. The van der Waals surface area contributed by atoms with E-state index in [0.29, 0.717) is 24.0 Å². The largest absolute Gasteiger partial charge is 0.353 e. The second kappa shape index (κ2) is 7.32. The number of carbonyl (C=O) groups excluding carboxylic acids is 1. The average Bonchev–Trinajstić information content (AvgIpc) is 2.84. The summed E-state index contributed by atoms with van der Waals surface area (Å²) in [5.74, 6) is 0.0144. The zero-order valence-corrected chi connectivity index (χ0v) is 14.8. The molecular weight excluding hydrogens is 328 g/mol. The molecule has 1 fully saturated rings. The highest BCUT2D eigenvalue weighted by atomic mass is 16.2. The van der Waals surface area contributed by atoms with Crippen molar-refractivity contribution in [2.75, 3.05) is 0 Å². The summed E-state index contributed by atoms with van der Waals surface area (Å²) in [5.41, 5.74) is 1.95. The molecule has 4 rings (SSSR count). The summed E-state index contributed by atoms with van der Waals surface area (Å²) in [6.07, 6.45) is 8.86. The Kier molecular flexibility index (Phi) is 4.73. The molecule has 0 saturated heterocycles. The maximum Gasteiger partial charge on any atom is 0.277 e. The lowest BCUT2D eigenvalue weighted by Gasteiger charge is -2.16. The van der Waals surface area contributed by atoms with E-state index in [1.54, 1.807) is 6.33 Å². The fourth-order valence-corrected chi connectivity index (χ4v) is 3.84. The lowest BCUT2D eigenvalue weighted by atomic mass is 10.1. The number of nitrogens with zero attached hydrogens (tertiary/aromatic N) is 2. The molecule has 0 radical (unpaired) electrons. The Morgan fingerprint density at radius 2 is 1.96 bits per heavy atom. The number of benzene rings is 1. The Balaban J connectivity index is 1.47. The van der Waals surface area contributed by atoms with Crippen molar-refractivity contribution >= 4 is 27.8 Å². The van der Waals surface area contributed by atoms with Gasteiger partial charge in [-0.25, -0.2) is 4.98 Å². The van der Waals surface area contributed by atoms with Crippen LogP contribution in [-0.4, -0.2) is 26.5 Å². The van der Waals surface area contributed by atoms with Gasteiger partial charge < -0.3 is 10.3 Å². The van der Waals surface area contributed by atoms with Gasteiger partial charge in [0.1, 0.15) is 11.0 Å². The van der Waals surface area contributed by atoms with Crippen molar-refractivity contribution in [3.8, 4) is 0 Å². The van der Waals surface area contributed by atoms with Gasteiger partial charge in [-0.15, -0.1) is 0 Å². The SMILES string of the molecule is O=C(CCn1cnc2c([nH]c3ccccc32)c1=O)NC1CCCCCC1. The first-order valence-corrected chi connectivity index (χ1v) is 9.47. The fraction of sp³-hybridized carbons (Fsp3) is 0.450. The van der Waals surface area contributed by atoms with E-state index >= 15 is 0 Å². The molecule has 136 valence electrons. The van der Waals surface area contributed by atoms with E-state index in [9.17, 15) is 9.59 Å². The van der Waals surface area contributed by atoms with Crippen LogP contribution >= 0.6 is 0 Å². The number of nitrogens with one attached hydrogen (secondary N) is 2. The van der Waals surface area contributed by atoms with Gasteiger partial charge >= 0.3 is 0 Å². The molecule has 2 aromatic heterocycles. The molecule has 0 bridgehead atoms. The Labute approximate surface area is 151 Å². The molecule has 1 saturated carbocycles. The lowest BCUT2D eigenvalue weighted by molar-refractivity contribution is -0.122. The van der Waals surface area contributed by atoms with Crippen LogP contribution in [0.1, 0.15) is 44.9 Å². The molecule has 6 nitrogen and oxygen atoms in total. The first-order valence-electron chi connectivity index (χ1n) is 9.47. The number of hydrogen-bond donors (Lipinski definition) is 2. The van der Waals surface area contributed by atoms with Crippen molar-refractivity contribution < 1.29 is 4.79 Å². The summed E-state index contributed by atoms with van der Waals surface area (Å²) in [4.78, 5) is 32.6. The van der Waals surface area contributed by atoms with E-state index in [-0.39, 0.29) is 17.5 Å². The summed E-state index contributed by atoms with van der Waals surface area (Å²) in [6.45, 7) is 0.343. The van der Waals surface area contributed by atoms with Crippen molar-refractivity contribution in [3.63, 3.8) is 0 Å². The number of carbonyl (C=O) groups is 1. The predicted octanol–water partition coefficient (Wildman–Crippen LogP) is 3.11. The van der Waals surface area contributed by atoms with Crippen molar-refractivity contribution in [1.82, 2.24) is 19.9 Å². The van der Waals surface area contributed by atoms with Crippen molar-refractivity contribution in [3.05, 3.63) is 40.9 Å². The number of H-pyrrole nitrogens is 1. The van der Waals surface area contributed by atoms with Gasteiger partial charge in [-0.3, -0.25) is 14.2 Å². The minimum Gasteiger partial charge on any atom is -0.353 e. The fourth-order valence-electron chi connectivity index (χ4n) is 3.84. The third-order valence-electron chi connectivity index (χ3n) is 5.28. The highest BCUT2D eigenvalue weighted by molar-refractivity contribution is 6.04. The van der Waals surface area contributed by atoms with Gasteiger partial charge in [0.05, 0.1) is 6.33 Å². The third-order valence-corrected chi connectivity index (χ3v) is 5.28. The summed E-state index contributed by atoms with van der Waals surface area (Å²) >= 11 is 0. The van der Waals surface area contributed by atoms with Crippen LogP contribution in [0, 0.1) is 0 Å². The first-order chi connectivity index (χ1) is 12.7. The van der Waals surface area contributed by atoms with Gasteiger partial charge in [-0.05, 0) is 18.9 Å². The first kappa shape index (κ1) is 16.8. The molecule has 1 amide bonds. The smallest absolute Gasteiger partial charge is 0.277 e. The quantitative estimate of drug-likeness (QED) is 0.708. The van der Waals surface area contributed by atoms with Gasteiger partial charge in [0.25, 0.3) is 5.56 Å². The minimum atomic E-state index is -0.131. The van der Waals surface area contributed by atoms with Crippen LogP contribution in [0.4, 0.5) is 0 Å². The summed E-state index contributed by atoms with van der Waals surface area (Å²) in [5, 5.41) is 4.07. The number of fused-ring (bicyclic) bond motifs is 3. The van der Waals surface area contributed by atoms with Crippen molar-refractivity contribution in [2.45, 2.75) is 57.5 Å². The molecule has 0 aliphatic heterocycles. The van der Waals surface area contributed by atoms with Gasteiger partial charge in [-0.1, -0.05) is 43.9 Å². The van der Waals surface area contributed by atoms with E-state index in [0.717, 1.165) is 23.7 Å². The predicted molar refractivity (Wildman–Crippen MR) is 102 cm³/mol. The number of para-hydroxylation sites is 1.